The number of carboxylic acids is 1. The van der Waals surface area contributed by atoms with E-state index >= 15 is 0 Å². The number of amides is 2. The molecule has 1 heterocycles. The number of aliphatic carboxylic acids is 1. The Labute approximate surface area is 128 Å². The SMILES string of the molecule is CCc1cnc(CNC(=O)NCC2(CC(=O)O)CCC2)s1. The number of carboxylic acid groups (broad SMARTS) is 1. The van der Waals surface area contributed by atoms with E-state index in [-0.39, 0.29) is 17.9 Å². The highest BCUT2D eigenvalue weighted by molar-refractivity contribution is 7.11. The van der Waals surface area contributed by atoms with Crippen LogP contribution >= 0.6 is 11.3 Å². The molecule has 0 radical (unpaired) electrons. The number of carbonyl (C=O) groups excluding carboxylic acids is 1. The molecule has 0 atom stereocenters. The molecule has 3 N–H and O–H groups in total. The van der Waals surface area contributed by atoms with Gasteiger partial charge < -0.3 is 15.7 Å². The molecule has 6 nitrogen and oxygen atoms in total. The molecule has 1 aliphatic carbocycles. The summed E-state index contributed by atoms with van der Waals surface area (Å²) in [5.41, 5.74) is -0.250. The van der Waals surface area contributed by atoms with Crippen LogP contribution in [0.15, 0.2) is 6.20 Å². The Kier molecular flexibility index (Phi) is 5.17. The average Bonchev–Trinajstić information content (AvgIpc) is 2.87. The highest BCUT2D eigenvalue weighted by Gasteiger charge is 2.39. The van der Waals surface area contributed by atoms with Crippen molar-refractivity contribution in [1.29, 1.82) is 0 Å². The maximum atomic E-state index is 11.8. The first-order valence-corrected chi connectivity index (χ1v) is 8.02. The van der Waals surface area contributed by atoms with Crippen molar-refractivity contribution in [3.63, 3.8) is 0 Å². The molecule has 1 aliphatic rings. The largest absolute Gasteiger partial charge is 0.481 e. The summed E-state index contributed by atoms with van der Waals surface area (Å²) in [5.74, 6) is -0.799. The molecular formula is C14H21N3O3S. The molecule has 1 fully saturated rings. The summed E-state index contributed by atoms with van der Waals surface area (Å²) in [6.45, 7) is 2.89. The van der Waals surface area contributed by atoms with E-state index in [1.54, 1.807) is 11.3 Å². The predicted octanol–water partition coefficient (Wildman–Crippen LogP) is 2.15. The second-order valence-corrected chi connectivity index (χ2v) is 6.73. The van der Waals surface area contributed by atoms with E-state index in [9.17, 15) is 9.59 Å². The number of aryl methyl sites for hydroxylation is 1. The molecule has 1 saturated carbocycles. The third-order valence-corrected chi connectivity index (χ3v) is 5.06. The van der Waals surface area contributed by atoms with Crippen LogP contribution in [0.2, 0.25) is 0 Å². The zero-order valence-electron chi connectivity index (χ0n) is 12.1. The summed E-state index contributed by atoms with van der Waals surface area (Å²) < 4.78 is 0. The van der Waals surface area contributed by atoms with Crippen LogP contribution in [0.25, 0.3) is 0 Å². The van der Waals surface area contributed by atoms with Gasteiger partial charge in [0.15, 0.2) is 0 Å². The lowest BCUT2D eigenvalue weighted by molar-refractivity contribution is -0.141. The van der Waals surface area contributed by atoms with Gasteiger partial charge in [-0.2, -0.15) is 0 Å². The summed E-state index contributed by atoms with van der Waals surface area (Å²) in [7, 11) is 0. The molecule has 0 unspecified atom stereocenters. The summed E-state index contributed by atoms with van der Waals surface area (Å²) in [4.78, 5) is 28.1. The lowest BCUT2D eigenvalue weighted by atomic mass is 9.66. The maximum absolute atomic E-state index is 11.8. The minimum atomic E-state index is -0.799. The molecular weight excluding hydrogens is 290 g/mol. The Morgan fingerprint density at radius 3 is 2.71 bits per heavy atom. The Balaban J connectivity index is 1.73. The first-order chi connectivity index (χ1) is 10.0. The van der Waals surface area contributed by atoms with Crippen LogP contribution in [0.3, 0.4) is 0 Å². The number of aromatic nitrogens is 1. The van der Waals surface area contributed by atoms with E-state index in [1.165, 1.54) is 4.88 Å². The number of hydrogen-bond donors (Lipinski definition) is 3. The van der Waals surface area contributed by atoms with Crippen LogP contribution in [-0.4, -0.2) is 28.6 Å². The Hall–Kier alpha value is -1.63. The second kappa shape index (κ2) is 6.89. The van der Waals surface area contributed by atoms with Crippen molar-refractivity contribution in [3.8, 4) is 0 Å². The van der Waals surface area contributed by atoms with Gasteiger partial charge in [0.2, 0.25) is 0 Å². The van der Waals surface area contributed by atoms with E-state index in [2.05, 4.69) is 22.5 Å². The first kappa shape index (κ1) is 15.8. The Morgan fingerprint density at radius 2 is 2.19 bits per heavy atom. The summed E-state index contributed by atoms with van der Waals surface area (Å²) in [6, 6.07) is -0.264. The zero-order chi connectivity index (χ0) is 15.3. The number of carbonyl (C=O) groups is 2. The fourth-order valence-corrected chi connectivity index (χ4v) is 3.30. The molecule has 2 amide bonds. The van der Waals surface area contributed by atoms with E-state index in [0.29, 0.717) is 13.1 Å². The fourth-order valence-electron chi connectivity index (χ4n) is 2.49. The van der Waals surface area contributed by atoms with Crippen molar-refractivity contribution in [1.82, 2.24) is 15.6 Å². The minimum absolute atomic E-state index is 0.125. The van der Waals surface area contributed by atoms with E-state index in [4.69, 9.17) is 5.11 Å². The van der Waals surface area contributed by atoms with Gasteiger partial charge in [0, 0.05) is 17.6 Å². The number of thiazole rings is 1. The smallest absolute Gasteiger partial charge is 0.315 e. The van der Waals surface area contributed by atoms with E-state index < -0.39 is 5.97 Å². The molecule has 0 aliphatic heterocycles. The van der Waals surface area contributed by atoms with Crippen LogP contribution in [0.5, 0.6) is 0 Å². The lowest BCUT2D eigenvalue weighted by Gasteiger charge is -2.40. The van der Waals surface area contributed by atoms with Gasteiger partial charge in [0.1, 0.15) is 5.01 Å². The molecule has 1 aromatic rings. The second-order valence-electron chi connectivity index (χ2n) is 5.53. The van der Waals surface area contributed by atoms with Gasteiger partial charge in [-0.15, -0.1) is 11.3 Å². The van der Waals surface area contributed by atoms with Gasteiger partial charge in [-0.25, -0.2) is 9.78 Å². The number of urea groups is 1. The third-order valence-electron chi connectivity index (χ3n) is 3.91. The summed E-state index contributed by atoms with van der Waals surface area (Å²) in [6.07, 6.45) is 5.67. The van der Waals surface area contributed by atoms with Gasteiger partial charge in [-0.05, 0) is 24.7 Å². The van der Waals surface area contributed by atoms with Gasteiger partial charge in [0.05, 0.1) is 13.0 Å². The van der Waals surface area contributed by atoms with Crippen molar-refractivity contribution in [3.05, 3.63) is 16.1 Å². The molecule has 2 rings (SSSR count). The maximum Gasteiger partial charge on any atom is 0.315 e. The molecule has 0 spiro atoms. The quantitative estimate of drug-likeness (QED) is 0.719. The number of hydrogen-bond acceptors (Lipinski definition) is 4. The average molecular weight is 311 g/mol. The van der Waals surface area contributed by atoms with Crippen molar-refractivity contribution < 1.29 is 14.7 Å². The van der Waals surface area contributed by atoms with E-state index in [0.717, 1.165) is 30.7 Å². The van der Waals surface area contributed by atoms with Gasteiger partial charge in [-0.3, -0.25) is 4.79 Å². The Morgan fingerprint density at radius 1 is 1.43 bits per heavy atom. The molecule has 116 valence electrons. The number of rotatable bonds is 7. The van der Waals surface area contributed by atoms with Gasteiger partial charge >= 0.3 is 12.0 Å². The lowest BCUT2D eigenvalue weighted by Crippen LogP contribution is -2.46. The Bertz CT molecular complexity index is 511. The number of nitrogens with zero attached hydrogens (tertiary/aromatic N) is 1. The number of nitrogens with one attached hydrogen (secondary N) is 2. The topological polar surface area (TPSA) is 91.3 Å². The van der Waals surface area contributed by atoms with E-state index in [1.807, 2.05) is 6.20 Å². The predicted molar refractivity (Wildman–Crippen MR) is 80.3 cm³/mol. The van der Waals surface area contributed by atoms with Crippen molar-refractivity contribution in [2.24, 2.45) is 5.41 Å². The first-order valence-electron chi connectivity index (χ1n) is 7.20. The molecule has 21 heavy (non-hydrogen) atoms. The van der Waals surface area contributed by atoms with Crippen LogP contribution in [0.1, 0.15) is 42.5 Å². The fraction of sp³-hybridized carbons (Fsp3) is 0.643. The van der Waals surface area contributed by atoms with Crippen molar-refractivity contribution in [2.75, 3.05) is 6.54 Å². The van der Waals surface area contributed by atoms with Gasteiger partial charge in [0.25, 0.3) is 0 Å². The summed E-state index contributed by atoms with van der Waals surface area (Å²) in [5, 5.41) is 15.3. The van der Waals surface area contributed by atoms with Crippen molar-refractivity contribution >= 4 is 23.3 Å². The minimum Gasteiger partial charge on any atom is -0.481 e. The van der Waals surface area contributed by atoms with Crippen LogP contribution in [0, 0.1) is 5.41 Å². The monoisotopic (exact) mass is 311 g/mol. The zero-order valence-corrected chi connectivity index (χ0v) is 13.0. The molecule has 0 aromatic carbocycles. The van der Waals surface area contributed by atoms with Gasteiger partial charge in [-0.1, -0.05) is 13.3 Å². The highest BCUT2D eigenvalue weighted by Crippen LogP contribution is 2.43. The highest BCUT2D eigenvalue weighted by atomic mass is 32.1. The molecule has 0 saturated heterocycles. The standard InChI is InChI=1S/C14H21N3O3S/c1-2-10-7-15-11(21-10)8-16-13(20)17-9-14(4-3-5-14)6-12(18)19/h7H,2-6,8-9H2,1H3,(H,18,19)(H2,16,17,20). The molecule has 1 aromatic heterocycles. The normalized spacial score (nSPS) is 16.0. The summed E-state index contributed by atoms with van der Waals surface area (Å²) >= 11 is 1.59. The van der Waals surface area contributed by atoms with Crippen molar-refractivity contribution in [2.45, 2.75) is 45.6 Å². The van der Waals surface area contributed by atoms with Crippen LogP contribution in [-0.2, 0) is 17.8 Å². The van der Waals surface area contributed by atoms with Crippen LogP contribution < -0.4 is 10.6 Å². The van der Waals surface area contributed by atoms with Crippen LogP contribution in [0.4, 0.5) is 4.79 Å². The molecule has 7 heteroatoms. The molecule has 0 bridgehead atoms. The third kappa shape index (κ3) is 4.42.